The van der Waals surface area contributed by atoms with E-state index in [4.69, 9.17) is 19.2 Å². The van der Waals surface area contributed by atoms with Crippen LogP contribution < -0.4 is 20.1 Å². The lowest BCUT2D eigenvalue weighted by molar-refractivity contribution is 0.0530. The first-order valence-corrected chi connectivity index (χ1v) is 10.3. The van der Waals surface area contributed by atoms with Crippen LogP contribution in [0.5, 0.6) is 11.5 Å². The fraction of sp³-hybridized carbons (Fsp3) is 0.667. The van der Waals surface area contributed by atoms with Crippen LogP contribution in [0.25, 0.3) is 0 Å². The summed E-state index contributed by atoms with van der Waals surface area (Å²) < 4.78 is 16.8. The highest BCUT2D eigenvalue weighted by molar-refractivity contribution is 14.0. The normalized spacial score (nSPS) is 21.2. The third kappa shape index (κ3) is 4.84. The molecule has 1 saturated heterocycles. The highest BCUT2D eigenvalue weighted by atomic mass is 127. The Hall–Kier alpha value is -1.22. The molecule has 0 spiro atoms. The van der Waals surface area contributed by atoms with Crippen molar-refractivity contribution in [2.45, 2.75) is 56.9 Å². The Bertz CT molecular complexity index is 671. The Morgan fingerprint density at radius 2 is 1.89 bits per heavy atom. The van der Waals surface area contributed by atoms with Crippen molar-refractivity contribution in [2.75, 3.05) is 33.1 Å². The monoisotopic (exact) mass is 501 g/mol. The molecule has 1 aliphatic carbocycles. The van der Waals surface area contributed by atoms with Crippen molar-refractivity contribution in [3.8, 4) is 11.5 Å². The van der Waals surface area contributed by atoms with E-state index in [0.29, 0.717) is 12.8 Å². The van der Waals surface area contributed by atoms with Crippen LogP contribution in [0.2, 0.25) is 0 Å². The zero-order valence-electron chi connectivity index (χ0n) is 16.7. The van der Waals surface area contributed by atoms with Crippen molar-refractivity contribution in [2.24, 2.45) is 4.99 Å². The van der Waals surface area contributed by atoms with E-state index in [2.05, 4.69) is 29.7 Å². The fourth-order valence-corrected chi connectivity index (χ4v) is 4.34. The van der Waals surface area contributed by atoms with E-state index in [-0.39, 0.29) is 29.4 Å². The average Bonchev–Trinajstić information content (AvgIpc) is 3.38. The molecule has 0 aromatic heterocycles. The van der Waals surface area contributed by atoms with Crippen molar-refractivity contribution in [3.05, 3.63) is 23.8 Å². The second-order valence-electron chi connectivity index (χ2n) is 7.78. The van der Waals surface area contributed by atoms with Crippen LogP contribution in [0, 0.1) is 0 Å². The predicted octanol–water partition coefficient (Wildman–Crippen LogP) is 3.58. The Balaban J connectivity index is 0.00000225. The third-order valence-corrected chi connectivity index (χ3v) is 6.01. The summed E-state index contributed by atoms with van der Waals surface area (Å²) in [5.41, 5.74) is 1.26. The number of ether oxygens (including phenoxy) is 3. The molecule has 1 saturated carbocycles. The molecule has 2 aliphatic heterocycles. The number of rotatable bonds is 5. The number of benzene rings is 1. The number of nitrogens with one attached hydrogen (secondary N) is 2. The number of guanidine groups is 1. The van der Waals surface area contributed by atoms with Gasteiger partial charge in [0.05, 0.1) is 6.54 Å². The summed E-state index contributed by atoms with van der Waals surface area (Å²) in [6.45, 7) is 5.60. The second-order valence-corrected chi connectivity index (χ2v) is 7.78. The Morgan fingerprint density at radius 3 is 2.64 bits per heavy atom. The molecule has 4 rings (SSSR count). The lowest BCUT2D eigenvalue weighted by Gasteiger charge is -2.37. The first-order chi connectivity index (χ1) is 13.3. The minimum atomic E-state index is -0.0166. The zero-order chi connectivity index (χ0) is 18.5. The molecule has 2 N–H and O–H groups in total. The van der Waals surface area contributed by atoms with Crippen molar-refractivity contribution < 1.29 is 14.2 Å². The molecule has 1 aromatic carbocycles. The van der Waals surface area contributed by atoms with Gasteiger partial charge in [-0.3, -0.25) is 4.99 Å². The van der Waals surface area contributed by atoms with Gasteiger partial charge in [0.1, 0.15) is 0 Å². The summed E-state index contributed by atoms with van der Waals surface area (Å²) in [4.78, 5) is 5.01. The van der Waals surface area contributed by atoms with Gasteiger partial charge in [-0.1, -0.05) is 18.9 Å². The van der Waals surface area contributed by atoms with Crippen LogP contribution in [0.3, 0.4) is 0 Å². The standard InChI is InChI=1S/C21H31N3O3.HI/c1-2-22-20(24-17-5-3-4-6-17)23-14-21(9-11-25-12-10-21)16-7-8-18-19(13-16)27-15-26-18;/h7-8,13,17H,2-6,9-12,14-15H2,1H3,(H2,22,23,24);1H. The van der Waals surface area contributed by atoms with Crippen LogP contribution in [0.4, 0.5) is 0 Å². The molecule has 156 valence electrons. The van der Waals surface area contributed by atoms with Gasteiger partial charge >= 0.3 is 0 Å². The average molecular weight is 501 g/mol. The second kappa shape index (κ2) is 10.0. The van der Waals surface area contributed by atoms with Crippen molar-refractivity contribution in [3.63, 3.8) is 0 Å². The van der Waals surface area contributed by atoms with Gasteiger partial charge in [0.15, 0.2) is 17.5 Å². The summed E-state index contributed by atoms with van der Waals surface area (Å²) in [5.74, 6) is 2.62. The molecule has 0 atom stereocenters. The van der Waals surface area contributed by atoms with Gasteiger partial charge in [-0.25, -0.2) is 0 Å². The summed E-state index contributed by atoms with van der Waals surface area (Å²) in [7, 11) is 0. The summed E-state index contributed by atoms with van der Waals surface area (Å²) >= 11 is 0. The molecule has 0 amide bonds. The quantitative estimate of drug-likeness (QED) is 0.367. The van der Waals surface area contributed by atoms with Crippen LogP contribution >= 0.6 is 24.0 Å². The molecule has 2 fully saturated rings. The van der Waals surface area contributed by atoms with Gasteiger partial charge in [0, 0.05) is 31.2 Å². The molecular weight excluding hydrogens is 469 g/mol. The van der Waals surface area contributed by atoms with Crippen molar-refractivity contribution in [1.82, 2.24) is 10.6 Å². The highest BCUT2D eigenvalue weighted by Crippen LogP contribution is 2.41. The third-order valence-electron chi connectivity index (χ3n) is 6.01. The van der Waals surface area contributed by atoms with Crippen molar-refractivity contribution in [1.29, 1.82) is 0 Å². The van der Waals surface area contributed by atoms with Crippen LogP contribution in [-0.2, 0) is 10.2 Å². The minimum Gasteiger partial charge on any atom is -0.454 e. The van der Waals surface area contributed by atoms with E-state index in [1.165, 1.54) is 31.2 Å². The minimum absolute atomic E-state index is 0. The molecule has 1 aromatic rings. The first-order valence-electron chi connectivity index (χ1n) is 10.3. The number of nitrogens with zero attached hydrogens (tertiary/aromatic N) is 1. The Kier molecular flexibility index (Phi) is 7.68. The fourth-order valence-electron chi connectivity index (χ4n) is 4.34. The molecule has 2 heterocycles. The summed E-state index contributed by atoms with van der Waals surface area (Å²) in [5, 5.41) is 7.05. The molecule has 3 aliphatic rings. The van der Waals surface area contributed by atoms with Crippen molar-refractivity contribution >= 4 is 29.9 Å². The van der Waals surface area contributed by atoms with E-state index < -0.39 is 0 Å². The largest absolute Gasteiger partial charge is 0.454 e. The maximum Gasteiger partial charge on any atom is 0.231 e. The highest BCUT2D eigenvalue weighted by Gasteiger charge is 2.36. The first kappa shape index (κ1) is 21.5. The van der Waals surface area contributed by atoms with Gasteiger partial charge in [-0.2, -0.15) is 0 Å². The van der Waals surface area contributed by atoms with E-state index in [1.54, 1.807) is 0 Å². The van der Waals surface area contributed by atoms with Crippen LogP contribution in [0.1, 0.15) is 51.0 Å². The molecule has 7 heteroatoms. The summed E-state index contributed by atoms with van der Waals surface area (Å²) in [6.07, 6.45) is 7.06. The molecule has 0 bridgehead atoms. The topological polar surface area (TPSA) is 64.1 Å². The number of aliphatic imine (C=N–C) groups is 1. The van der Waals surface area contributed by atoms with Gasteiger partial charge in [-0.05, 0) is 50.3 Å². The smallest absolute Gasteiger partial charge is 0.231 e. The van der Waals surface area contributed by atoms with Crippen LogP contribution in [-0.4, -0.2) is 45.1 Å². The summed E-state index contributed by atoms with van der Waals surface area (Å²) in [6, 6.07) is 6.89. The number of fused-ring (bicyclic) bond motifs is 1. The molecule has 0 unspecified atom stereocenters. The molecule has 28 heavy (non-hydrogen) atoms. The zero-order valence-corrected chi connectivity index (χ0v) is 19.0. The van der Waals surface area contributed by atoms with Gasteiger partial charge in [-0.15, -0.1) is 24.0 Å². The van der Waals surface area contributed by atoms with E-state index in [1.807, 2.05) is 6.07 Å². The number of hydrogen-bond donors (Lipinski definition) is 2. The maximum absolute atomic E-state index is 5.67. The SMILES string of the molecule is CCNC(=NCC1(c2ccc3c(c2)OCO3)CCOCC1)NC1CCCC1.I. The maximum atomic E-state index is 5.67. The Morgan fingerprint density at radius 1 is 1.14 bits per heavy atom. The van der Waals surface area contributed by atoms with Gasteiger partial charge in [0.25, 0.3) is 0 Å². The van der Waals surface area contributed by atoms with E-state index in [9.17, 15) is 0 Å². The lowest BCUT2D eigenvalue weighted by atomic mass is 9.74. The molecule has 6 nitrogen and oxygen atoms in total. The van der Waals surface area contributed by atoms with E-state index in [0.717, 1.165) is 56.6 Å². The molecule has 0 radical (unpaired) electrons. The number of hydrogen-bond acceptors (Lipinski definition) is 4. The van der Waals surface area contributed by atoms with Crippen LogP contribution in [0.15, 0.2) is 23.2 Å². The predicted molar refractivity (Wildman–Crippen MR) is 121 cm³/mol. The number of halogens is 1. The van der Waals surface area contributed by atoms with Gasteiger partial charge in [0.2, 0.25) is 6.79 Å². The lowest BCUT2D eigenvalue weighted by Crippen LogP contribution is -2.44. The Labute approximate surface area is 184 Å². The van der Waals surface area contributed by atoms with E-state index >= 15 is 0 Å². The molecular formula is C21H32IN3O3. The van der Waals surface area contributed by atoms with Gasteiger partial charge < -0.3 is 24.8 Å².